The molecule has 0 aromatic heterocycles. The summed E-state index contributed by atoms with van der Waals surface area (Å²) < 4.78 is 0. The van der Waals surface area contributed by atoms with Crippen molar-refractivity contribution in [1.29, 1.82) is 0 Å². The normalized spacial score (nSPS) is 12.1. The standard InChI is InChI=1S/C15H15ClN2O2/c1-11(12-5-3-2-4-6-12)17-10-13-9-14(18(19)20)7-8-15(13)16/h2-9,11,17H,10H2,1H3/t11-/m0/s1. The van der Waals surface area contributed by atoms with Gasteiger partial charge in [0.05, 0.1) is 4.92 Å². The van der Waals surface area contributed by atoms with Crippen LogP contribution in [-0.4, -0.2) is 4.92 Å². The molecular formula is C15H15ClN2O2. The van der Waals surface area contributed by atoms with E-state index in [0.29, 0.717) is 11.6 Å². The van der Waals surface area contributed by atoms with Gasteiger partial charge in [-0.1, -0.05) is 41.9 Å². The molecule has 0 amide bonds. The van der Waals surface area contributed by atoms with Crippen molar-refractivity contribution in [3.05, 3.63) is 74.8 Å². The highest BCUT2D eigenvalue weighted by molar-refractivity contribution is 6.31. The van der Waals surface area contributed by atoms with E-state index in [9.17, 15) is 10.1 Å². The minimum atomic E-state index is -0.416. The van der Waals surface area contributed by atoms with Crippen LogP contribution in [0.1, 0.15) is 24.1 Å². The molecule has 0 unspecified atom stereocenters. The maximum Gasteiger partial charge on any atom is 0.269 e. The molecule has 0 saturated heterocycles. The summed E-state index contributed by atoms with van der Waals surface area (Å²) in [5.74, 6) is 0. The van der Waals surface area contributed by atoms with E-state index in [2.05, 4.69) is 5.32 Å². The van der Waals surface area contributed by atoms with Crippen LogP contribution in [0.15, 0.2) is 48.5 Å². The van der Waals surface area contributed by atoms with Crippen LogP contribution in [0, 0.1) is 10.1 Å². The smallest absolute Gasteiger partial charge is 0.269 e. The van der Waals surface area contributed by atoms with Crippen molar-refractivity contribution in [2.45, 2.75) is 19.5 Å². The fourth-order valence-electron chi connectivity index (χ4n) is 1.93. The second kappa shape index (κ2) is 6.50. The third-order valence-corrected chi connectivity index (χ3v) is 3.51. The Labute approximate surface area is 122 Å². The molecule has 20 heavy (non-hydrogen) atoms. The van der Waals surface area contributed by atoms with Crippen LogP contribution in [0.2, 0.25) is 5.02 Å². The Morgan fingerprint density at radius 1 is 1.25 bits per heavy atom. The molecule has 0 radical (unpaired) electrons. The summed E-state index contributed by atoms with van der Waals surface area (Å²) >= 11 is 6.07. The molecule has 4 nitrogen and oxygen atoms in total. The van der Waals surface area contributed by atoms with E-state index < -0.39 is 4.92 Å². The van der Waals surface area contributed by atoms with Crippen molar-refractivity contribution in [2.75, 3.05) is 0 Å². The number of hydrogen-bond donors (Lipinski definition) is 1. The lowest BCUT2D eigenvalue weighted by atomic mass is 10.1. The van der Waals surface area contributed by atoms with Crippen molar-refractivity contribution < 1.29 is 4.92 Å². The van der Waals surface area contributed by atoms with Crippen LogP contribution in [-0.2, 0) is 6.54 Å². The number of nitrogens with one attached hydrogen (secondary N) is 1. The Kier molecular flexibility index (Phi) is 4.71. The summed E-state index contributed by atoms with van der Waals surface area (Å²) in [7, 11) is 0. The van der Waals surface area contributed by atoms with E-state index in [1.54, 1.807) is 6.07 Å². The van der Waals surface area contributed by atoms with Gasteiger partial charge in [0.25, 0.3) is 5.69 Å². The average Bonchev–Trinajstić information content (AvgIpc) is 2.46. The Morgan fingerprint density at radius 3 is 2.60 bits per heavy atom. The number of rotatable bonds is 5. The minimum Gasteiger partial charge on any atom is -0.306 e. The molecule has 0 spiro atoms. The van der Waals surface area contributed by atoms with Crippen molar-refractivity contribution in [3.63, 3.8) is 0 Å². The summed E-state index contributed by atoms with van der Waals surface area (Å²) in [6.07, 6.45) is 0. The summed E-state index contributed by atoms with van der Waals surface area (Å²) in [6, 6.07) is 14.6. The predicted molar refractivity (Wildman–Crippen MR) is 79.8 cm³/mol. The molecule has 2 aromatic rings. The zero-order valence-corrected chi connectivity index (χ0v) is 11.8. The first-order chi connectivity index (χ1) is 9.58. The lowest BCUT2D eigenvalue weighted by Crippen LogP contribution is -2.18. The van der Waals surface area contributed by atoms with Gasteiger partial charge >= 0.3 is 0 Å². The summed E-state index contributed by atoms with van der Waals surface area (Å²) in [6.45, 7) is 2.52. The van der Waals surface area contributed by atoms with Gasteiger partial charge in [0.15, 0.2) is 0 Å². The summed E-state index contributed by atoms with van der Waals surface area (Å²) in [5, 5.41) is 14.6. The molecule has 0 heterocycles. The van der Waals surface area contributed by atoms with E-state index in [4.69, 9.17) is 11.6 Å². The van der Waals surface area contributed by atoms with E-state index in [1.807, 2.05) is 37.3 Å². The molecule has 5 heteroatoms. The molecule has 0 fully saturated rings. The lowest BCUT2D eigenvalue weighted by Gasteiger charge is -2.14. The van der Waals surface area contributed by atoms with E-state index >= 15 is 0 Å². The van der Waals surface area contributed by atoms with Gasteiger partial charge in [0, 0.05) is 29.7 Å². The average molecular weight is 291 g/mol. The number of benzene rings is 2. The summed E-state index contributed by atoms with van der Waals surface area (Å²) in [5.41, 5.74) is 1.94. The second-order valence-electron chi connectivity index (χ2n) is 4.55. The van der Waals surface area contributed by atoms with Crippen LogP contribution in [0.4, 0.5) is 5.69 Å². The highest BCUT2D eigenvalue weighted by atomic mass is 35.5. The van der Waals surface area contributed by atoms with E-state index in [0.717, 1.165) is 11.1 Å². The quantitative estimate of drug-likeness (QED) is 0.666. The molecule has 0 bridgehead atoms. The molecule has 0 aliphatic carbocycles. The van der Waals surface area contributed by atoms with Gasteiger partial charge in [-0.05, 0) is 24.1 Å². The first-order valence-corrected chi connectivity index (χ1v) is 6.67. The zero-order chi connectivity index (χ0) is 14.5. The maximum atomic E-state index is 10.8. The third-order valence-electron chi connectivity index (χ3n) is 3.14. The SMILES string of the molecule is C[C@H](NCc1cc([N+](=O)[O-])ccc1Cl)c1ccccc1. The number of halogens is 1. The van der Waals surface area contributed by atoms with E-state index in [1.165, 1.54) is 12.1 Å². The lowest BCUT2D eigenvalue weighted by molar-refractivity contribution is -0.384. The van der Waals surface area contributed by atoms with Crippen LogP contribution in [0.3, 0.4) is 0 Å². The first kappa shape index (κ1) is 14.5. The predicted octanol–water partition coefficient (Wildman–Crippen LogP) is 4.10. The second-order valence-corrected chi connectivity index (χ2v) is 4.95. The number of hydrogen-bond acceptors (Lipinski definition) is 3. The Bertz CT molecular complexity index is 602. The van der Waals surface area contributed by atoms with Gasteiger partial charge < -0.3 is 5.32 Å². The molecule has 0 aliphatic rings. The highest BCUT2D eigenvalue weighted by Crippen LogP contribution is 2.23. The Balaban J connectivity index is 2.07. The van der Waals surface area contributed by atoms with Gasteiger partial charge in [-0.3, -0.25) is 10.1 Å². The van der Waals surface area contributed by atoms with Crippen molar-refractivity contribution in [2.24, 2.45) is 0 Å². The molecule has 2 rings (SSSR count). The van der Waals surface area contributed by atoms with Crippen LogP contribution >= 0.6 is 11.6 Å². The highest BCUT2D eigenvalue weighted by Gasteiger charge is 2.11. The molecule has 1 N–H and O–H groups in total. The number of nitrogens with zero attached hydrogens (tertiary/aromatic N) is 1. The largest absolute Gasteiger partial charge is 0.306 e. The monoisotopic (exact) mass is 290 g/mol. The molecule has 0 aliphatic heterocycles. The minimum absolute atomic E-state index is 0.0542. The molecular weight excluding hydrogens is 276 g/mol. The molecule has 2 aromatic carbocycles. The number of nitro benzene ring substituents is 1. The van der Waals surface area contributed by atoms with Gasteiger partial charge in [0.1, 0.15) is 0 Å². The van der Waals surface area contributed by atoms with Crippen molar-refractivity contribution in [3.8, 4) is 0 Å². The Morgan fingerprint density at radius 2 is 1.95 bits per heavy atom. The van der Waals surface area contributed by atoms with Gasteiger partial charge in [-0.15, -0.1) is 0 Å². The molecule has 0 saturated carbocycles. The van der Waals surface area contributed by atoms with Crippen LogP contribution in [0.5, 0.6) is 0 Å². The zero-order valence-electron chi connectivity index (χ0n) is 11.0. The Hall–Kier alpha value is -1.91. The van der Waals surface area contributed by atoms with E-state index in [-0.39, 0.29) is 11.7 Å². The number of nitro groups is 1. The van der Waals surface area contributed by atoms with Crippen molar-refractivity contribution >= 4 is 17.3 Å². The third kappa shape index (κ3) is 3.56. The summed E-state index contributed by atoms with van der Waals surface area (Å²) in [4.78, 5) is 10.3. The molecule has 104 valence electrons. The van der Waals surface area contributed by atoms with Crippen LogP contribution < -0.4 is 5.32 Å². The van der Waals surface area contributed by atoms with Crippen LogP contribution in [0.25, 0.3) is 0 Å². The van der Waals surface area contributed by atoms with Gasteiger partial charge in [-0.25, -0.2) is 0 Å². The number of non-ortho nitro benzene ring substituents is 1. The fourth-order valence-corrected chi connectivity index (χ4v) is 2.12. The topological polar surface area (TPSA) is 55.2 Å². The maximum absolute atomic E-state index is 10.8. The van der Waals surface area contributed by atoms with Gasteiger partial charge in [0.2, 0.25) is 0 Å². The molecule has 1 atom stereocenters. The van der Waals surface area contributed by atoms with Crippen molar-refractivity contribution in [1.82, 2.24) is 5.32 Å². The fraction of sp³-hybridized carbons (Fsp3) is 0.200. The first-order valence-electron chi connectivity index (χ1n) is 6.29. The van der Waals surface area contributed by atoms with Gasteiger partial charge in [-0.2, -0.15) is 0 Å².